The average Bonchev–Trinajstić information content (AvgIpc) is 2.59. The molecule has 0 radical (unpaired) electrons. The number of sulfonamides is 1. The van der Waals surface area contributed by atoms with E-state index in [9.17, 15) is 36.5 Å². The summed E-state index contributed by atoms with van der Waals surface area (Å²) in [6.45, 7) is 0.648. The van der Waals surface area contributed by atoms with E-state index in [4.69, 9.17) is 0 Å². The quantitative estimate of drug-likeness (QED) is 0.529. The lowest BCUT2D eigenvalue weighted by molar-refractivity contribution is -0.383. The summed E-state index contributed by atoms with van der Waals surface area (Å²) in [6, 6.07) is 0.948. The van der Waals surface area contributed by atoms with E-state index in [1.165, 1.54) is 4.31 Å². The first-order valence-electron chi connectivity index (χ1n) is 7.78. The summed E-state index contributed by atoms with van der Waals surface area (Å²) in [7, 11) is -3.38. The standard InChI is InChI=1S/C14H13F3N4O5S2/c1-28(25,26)20-4-2-19(3-5-20)13-18-12(22)9-6-8(14(15,16)17)7-10(21(23)24)11(9)27-13/h6-7H,2-5H2,1H3. The van der Waals surface area contributed by atoms with Crippen molar-refractivity contribution < 1.29 is 26.5 Å². The number of halogens is 3. The molecule has 0 unspecified atom stereocenters. The van der Waals surface area contributed by atoms with Crippen LogP contribution in [0, 0.1) is 10.1 Å². The van der Waals surface area contributed by atoms with Crippen LogP contribution in [-0.4, -0.2) is 55.1 Å². The minimum absolute atomic E-state index is 0.0912. The molecular formula is C14H13F3N4O5S2. The second-order valence-electron chi connectivity index (χ2n) is 6.08. The number of nitro groups is 1. The molecule has 1 saturated heterocycles. The smallest absolute Gasteiger partial charge is 0.345 e. The largest absolute Gasteiger partial charge is 0.416 e. The van der Waals surface area contributed by atoms with Crippen LogP contribution in [-0.2, 0) is 16.2 Å². The number of benzene rings is 1. The molecule has 0 N–H and O–H groups in total. The van der Waals surface area contributed by atoms with E-state index in [1.54, 1.807) is 4.90 Å². The van der Waals surface area contributed by atoms with Gasteiger partial charge in [0.05, 0.1) is 22.1 Å². The molecule has 9 nitrogen and oxygen atoms in total. The SMILES string of the molecule is CS(=O)(=O)N1CCN(c2nc(=O)c3cc(C(F)(F)F)cc([N+](=O)[O-])c3s2)CC1. The summed E-state index contributed by atoms with van der Waals surface area (Å²) in [5.41, 5.74) is -3.14. The molecule has 152 valence electrons. The summed E-state index contributed by atoms with van der Waals surface area (Å²) >= 11 is 0.728. The number of fused-ring (bicyclic) bond motifs is 1. The number of hydrogen-bond acceptors (Lipinski definition) is 8. The molecule has 14 heteroatoms. The highest BCUT2D eigenvalue weighted by Gasteiger charge is 2.34. The van der Waals surface area contributed by atoms with Crippen LogP contribution < -0.4 is 10.5 Å². The molecule has 1 aliphatic rings. The monoisotopic (exact) mass is 438 g/mol. The fourth-order valence-corrected chi connectivity index (χ4v) is 4.73. The molecule has 0 aliphatic carbocycles. The number of piperazine rings is 1. The van der Waals surface area contributed by atoms with Crippen molar-refractivity contribution in [1.29, 1.82) is 0 Å². The lowest BCUT2D eigenvalue weighted by Gasteiger charge is -2.33. The van der Waals surface area contributed by atoms with Crippen LogP contribution in [0.15, 0.2) is 16.9 Å². The first kappa shape index (κ1) is 20.4. The zero-order chi connectivity index (χ0) is 20.9. The van der Waals surface area contributed by atoms with Crippen LogP contribution in [0.4, 0.5) is 24.0 Å². The molecule has 2 aromatic rings. The predicted octanol–water partition coefficient (Wildman–Crippen LogP) is 1.67. The fraction of sp³-hybridized carbons (Fsp3) is 0.429. The molecule has 0 spiro atoms. The van der Waals surface area contributed by atoms with Gasteiger partial charge in [0.25, 0.3) is 11.2 Å². The Morgan fingerprint density at radius 1 is 1.21 bits per heavy atom. The minimum Gasteiger partial charge on any atom is -0.345 e. The third-order valence-electron chi connectivity index (χ3n) is 4.19. The Morgan fingerprint density at radius 3 is 2.32 bits per heavy atom. The van der Waals surface area contributed by atoms with Gasteiger partial charge in [-0.05, 0) is 6.07 Å². The summed E-state index contributed by atoms with van der Waals surface area (Å²) in [6.07, 6.45) is -3.78. The van der Waals surface area contributed by atoms with Crippen molar-refractivity contribution in [3.63, 3.8) is 0 Å². The molecule has 1 aliphatic heterocycles. The lowest BCUT2D eigenvalue weighted by atomic mass is 10.1. The summed E-state index contributed by atoms with van der Waals surface area (Å²) in [5, 5.41) is 10.9. The number of anilines is 1. The lowest BCUT2D eigenvalue weighted by Crippen LogP contribution is -2.48. The van der Waals surface area contributed by atoms with Crippen molar-refractivity contribution in [2.45, 2.75) is 6.18 Å². The Kier molecular flexibility index (Phi) is 5.05. The van der Waals surface area contributed by atoms with Gasteiger partial charge < -0.3 is 4.90 Å². The van der Waals surface area contributed by atoms with E-state index in [0.717, 1.165) is 17.6 Å². The summed E-state index contributed by atoms with van der Waals surface area (Å²) < 4.78 is 63.1. The Bertz CT molecular complexity index is 1110. The number of rotatable bonds is 3. The molecule has 0 amide bonds. The second kappa shape index (κ2) is 6.93. The number of aromatic nitrogens is 1. The van der Waals surface area contributed by atoms with Crippen molar-refractivity contribution in [2.75, 3.05) is 37.3 Å². The second-order valence-corrected chi connectivity index (χ2v) is 9.04. The number of alkyl halides is 3. The average molecular weight is 438 g/mol. The molecule has 1 aromatic heterocycles. The molecule has 0 saturated carbocycles. The molecule has 0 bridgehead atoms. The van der Waals surface area contributed by atoms with Crippen molar-refractivity contribution in [2.24, 2.45) is 0 Å². The van der Waals surface area contributed by atoms with Gasteiger partial charge >= 0.3 is 6.18 Å². The first-order valence-corrected chi connectivity index (χ1v) is 10.4. The highest BCUT2D eigenvalue weighted by atomic mass is 32.2. The van der Waals surface area contributed by atoms with Crippen molar-refractivity contribution in [3.05, 3.63) is 38.2 Å². The van der Waals surface area contributed by atoms with Gasteiger partial charge in [-0.25, -0.2) is 8.42 Å². The Morgan fingerprint density at radius 2 is 1.82 bits per heavy atom. The number of nitro benzene ring substituents is 1. The van der Waals surface area contributed by atoms with Gasteiger partial charge in [0, 0.05) is 32.2 Å². The highest BCUT2D eigenvalue weighted by Crippen LogP contribution is 2.38. The predicted molar refractivity (Wildman–Crippen MR) is 96.2 cm³/mol. The van der Waals surface area contributed by atoms with Gasteiger partial charge in [-0.1, -0.05) is 11.3 Å². The van der Waals surface area contributed by atoms with Gasteiger partial charge in [-0.2, -0.15) is 22.5 Å². The van der Waals surface area contributed by atoms with Gasteiger partial charge in [0.2, 0.25) is 10.0 Å². The van der Waals surface area contributed by atoms with Crippen LogP contribution in [0.1, 0.15) is 5.56 Å². The number of hydrogen-bond donors (Lipinski definition) is 0. The third-order valence-corrected chi connectivity index (χ3v) is 6.66. The molecule has 1 aromatic carbocycles. The summed E-state index contributed by atoms with van der Waals surface area (Å²) in [5.74, 6) is 0. The van der Waals surface area contributed by atoms with Crippen LogP contribution in [0.5, 0.6) is 0 Å². The van der Waals surface area contributed by atoms with Crippen LogP contribution in [0.2, 0.25) is 0 Å². The van der Waals surface area contributed by atoms with Crippen LogP contribution in [0.3, 0.4) is 0 Å². The molecule has 2 heterocycles. The Labute approximate surface area is 160 Å². The molecule has 0 atom stereocenters. The van der Waals surface area contributed by atoms with Gasteiger partial charge in [-0.15, -0.1) is 0 Å². The summed E-state index contributed by atoms with van der Waals surface area (Å²) in [4.78, 5) is 27.9. The first-order chi connectivity index (χ1) is 12.9. The maximum atomic E-state index is 13.0. The van der Waals surface area contributed by atoms with E-state index >= 15 is 0 Å². The highest BCUT2D eigenvalue weighted by molar-refractivity contribution is 7.88. The minimum atomic E-state index is -4.85. The van der Waals surface area contributed by atoms with Gasteiger partial charge in [0.15, 0.2) is 5.13 Å². The maximum Gasteiger partial charge on any atom is 0.416 e. The Hall–Kier alpha value is -2.32. The van der Waals surface area contributed by atoms with Gasteiger partial charge in [-0.3, -0.25) is 14.9 Å². The fourth-order valence-electron chi connectivity index (χ4n) is 2.79. The van der Waals surface area contributed by atoms with Crippen LogP contribution >= 0.6 is 11.3 Å². The van der Waals surface area contributed by atoms with E-state index in [0.29, 0.717) is 12.1 Å². The topological polar surface area (TPSA) is 114 Å². The van der Waals surface area contributed by atoms with E-state index in [1.807, 2.05) is 0 Å². The number of non-ortho nitro benzene ring substituents is 1. The van der Waals surface area contributed by atoms with E-state index in [-0.39, 0.29) is 36.0 Å². The van der Waals surface area contributed by atoms with Crippen molar-refractivity contribution in [3.8, 4) is 0 Å². The van der Waals surface area contributed by atoms with Gasteiger partial charge in [0.1, 0.15) is 4.70 Å². The van der Waals surface area contributed by atoms with Crippen LogP contribution in [0.25, 0.3) is 10.1 Å². The van der Waals surface area contributed by atoms with E-state index < -0.39 is 43.3 Å². The maximum absolute atomic E-state index is 13.0. The number of nitrogens with zero attached hydrogens (tertiary/aromatic N) is 4. The molecule has 28 heavy (non-hydrogen) atoms. The van der Waals surface area contributed by atoms with Crippen molar-refractivity contribution in [1.82, 2.24) is 9.29 Å². The third kappa shape index (κ3) is 3.93. The molecular weight excluding hydrogens is 425 g/mol. The normalized spacial score (nSPS) is 16.5. The zero-order valence-corrected chi connectivity index (χ0v) is 15.9. The zero-order valence-electron chi connectivity index (χ0n) is 14.3. The van der Waals surface area contributed by atoms with Crippen molar-refractivity contribution >= 4 is 42.3 Å². The Balaban J connectivity index is 2.07. The molecule has 3 rings (SSSR count). The molecule has 1 fully saturated rings. The van der Waals surface area contributed by atoms with E-state index in [2.05, 4.69) is 4.98 Å².